The van der Waals surface area contributed by atoms with Gasteiger partial charge in [0.1, 0.15) is 0 Å². The molecule has 0 aliphatic carbocycles. The standard InChI is InChI=1S/C18H22N2O3S/c1-13(15-8-10-18(11-9-15)24(4,22)23)19-16-6-5-7-17(12-16)20(3)14(2)21/h5-13,19H,1-4H3/t13-/m0/s1. The first-order chi connectivity index (χ1) is 11.2. The van der Waals surface area contributed by atoms with Crippen LogP contribution in [0.25, 0.3) is 0 Å². The molecule has 6 heteroatoms. The molecule has 24 heavy (non-hydrogen) atoms. The van der Waals surface area contributed by atoms with Crippen molar-refractivity contribution in [3.8, 4) is 0 Å². The van der Waals surface area contributed by atoms with Gasteiger partial charge >= 0.3 is 0 Å². The molecule has 2 aromatic rings. The highest BCUT2D eigenvalue weighted by Crippen LogP contribution is 2.24. The highest BCUT2D eigenvalue weighted by atomic mass is 32.2. The lowest BCUT2D eigenvalue weighted by molar-refractivity contribution is -0.116. The normalized spacial score (nSPS) is 12.5. The Labute approximate surface area is 143 Å². The third kappa shape index (κ3) is 4.35. The minimum atomic E-state index is -3.19. The predicted molar refractivity (Wildman–Crippen MR) is 97.1 cm³/mol. The molecule has 0 saturated heterocycles. The zero-order valence-electron chi connectivity index (χ0n) is 14.3. The highest BCUT2D eigenvalue weighted by Gasteiger charge is 2.11. The molecule has 0 unspecified atom stereocenters. The number of benzene rings is 2. The molecule has 5 nitrogen and oxygen atoms in total. The van der Waals surface area contributed by atoms with E-state index in [-0.39, 0.29) is 11.9 Å². The molecule has 0 aliphatic rings. The number of rotatable bonds is 5. The fourth-order valence-corrected chi connectivity index (χ4v) is 2.95. The molecule has 0 fully saturated rings. The van der Waals surface area contributed by atoms with Crippen molar-refractivity contribution >= 4 is 27.1 Å². The number of hydrogen-bond acceptors (Lipinski definition) is 4. The van der Waals surface area contributed by atoms with Gasteiger partial charge in [-0.3, -0.25) is 4.79 Å². The van der Waals surface area contributed by atoms with E-state index < -0.39 is 9.84 Å². The van der Waals surface area contributed by atoms with Gasteiger partial charge in [0.15, 0.2) is 9.84 Å². The molecule has 0 bridgehead atoms. The lowest BCUT2D eigenvalue weighted by atomic mass is 10.1. The monoisotopic (exact) mass is 346 g/mol. The zero-order valence-corrected chi connectivity index (χ0v) is 15.1. The van der Waals surface area contributed by atoms with Gasteiger partial charge in [-0.1, -0.05) is 18.2 Å². The van der Waals surface area contributed by atoms with Crippen molar-refractivity contribution in [2.24, 2.45) is 0 Å². The Morgan fingerprint density at radius 3 is 2.29 bits per heavy atom. The highest BCUT2D eigenvalue weighted by molar-refractivity contribution is 7.90. The number of amides is 1. The Balaban J connectivity index is 2.16. The van der Waals surface area contributed by atoms with Crippen molar-refractivity contribution in [1.29, 1.82) is 0 Å². The Hall–Kier alpha value is -2.34. The molecule has 1 atom stereocenters. The van der Waals surface area contributed by atoms with Gasteiger partial charge < -0.3 is 10.2 Å². The summed E-state index contributed by atoms with van der Waals surface area (Å²) in [5.74, 6) is -0.0310. The van der Waals surface area contributed by atoms with E-state index in [1.165, 1.54) is 13.2 Å². The average molecular weight is 346 g/mol. The fourth-order valence-electron chi connectivity index (χ4n) is 2.32. The zero-order chi connectivity index (χ0) is 17.9. The first-order valence-electron chi connectivity index (χ1n) is 7.59. The fraction of sp³-hybridized carbons (Fsp3) is 0.278. The van der Waals surface area contributed by atoms with Gasteiger partial charge in [-0.05, 0) is 42.8 Å². The molecule has 2 aromatic carbocycles. The third-order valence-corrected chi connectivity index (χ3v) is 5.03. The summed E-state index contributed by atoms with van der Waals surface area (Å²) in [6, 6.07) is 14.4. The quantitative estimate of drug-likeness (QED) is 0.902. The summed E-state index contributed by atoms with van der Waals surface area (Å²) >= 11 is 0. The number of carbonyl (C=O) groups excluding carboxylic acids is 1. The van der Waals surface area contributed by atoms with Crippen molar-refractivity contribution in [3.05, 3.63) is 54.1 Å². The summed E-state index contributed by atoms with van der Waals surface area (Å²) < 4.78 is 23.0. The molecule has 0 radical (unpaired) electrons. The summed E-state index contributed by atoms with van der Waals surface area (Å²) in [5, 5.41) is 3.36. The van der Waals surface area contributed by atoms with E-state index >= 15 is 0 Å². The van der Waals surface area contributed by atoms with Crippen molar-refractivity contribution in [1.82, 2.24) is 0 Å². The van der Waals surface area contributed by atoms with Crippen LogP contribution >= 0.6 is 0 Å². The molecule has 0 aromatic heterocycles. The number of hydrogen-bond donors (Lipinski definition) is 1. The Morgan fingerprint density at radius 1 is 1.12 bits per heavy atom. The average Bonchev–Trinajstić information content (AvgIpc) is 2.53. The van der Waals surface area contributed by atoms with E-state index in [0.717, 1.165) is 16.9 Å². The van der Waals surface area contributed by atoms with Crippen molar-refractivity contribution in [2.75, 3.05) is 23.5 Å². The van der Waals surface area contributed by atoms with Gasteiger partial charge in [-0.2, -0.15) is 0 Å². The number of sulfone groups is 1. The second-order valence-electron chi connectivity index (χ2n) is 5.84. The lowest BCUT2D eigenvalue weighted by Gasteiger charge is -2.19. The van der Waals surface area contributed by atoms with Crippen LogP contribution in [0.3, 0.4) is 0 Å². The topological polar surface area (TPSA) is 66.5 Å². The summed E-state index contributed by atoms with van der Waals surface area (Å²) in [4.78, 5) is 13.4. The minimum absolute atomic E-state index is 0.00325. The van der Waals surface area contributed by atoms with Crippen LogP contribution in [0.4, 0.5) is 11.4 Å². The van der Waals surface area contributed by atoms with Crippen LogP contribution < -0.4 is 10.2 Å². The van der Waals surface area contributed by atoms with Crippen LogP contribution in [0.2, 0.25) is 0 Å². The summed E-state index contributed by atoms with van der Waals surface area (Å²) in [6.07, 6.45) is 1.20. The molecule has 1 amide bonds. The Bertz CT molecular complexity index is 830. The molecule has 0 aliphatic heterocycles. The van der Waals surface area contributed by atoms with E-state index in [2.05, 4.69) is 5.32 Å². The van der Waals surface area contributed by atoms with Gasteiger partial charge in [-0.15, -0.1) is 0 Å². The van der Waals surface area contributed by atoms with Crippen LogP contribution in [0.1, 0.15) is 25.5 Å². The molecule has 0 spiro atoms. The van der Waals surface area contributed by atoms with Gasteiger partial charge in [0.25, 0.3) is 0 Å². The van der Waals surface area contributed by atoms with Gasteiger partial charge in [-0.25, -0.2) is 8.42 Å². The molecular weight excluding hydrogens is 324 g/mol. The minimum Gasteiger partial charge on any atom is -0.378 e. The van der Waals surface area contributed by atoms with Crippen molar-refractivity contribution < 1.29 is 13.2 Å². The summed E-state index contributed by atoms with van der Waals surface area (Å²) in [7, 11) is -1.45. The third-order valence-electron chi connectivity index (χ3n) is 3.90. The number of anilines is 2. The molecule has 0 heterocycles. The maximum atomic E-state index is 11.5. The van der Waals surface area contributed by atoms with Crippen molar-refractivity contribution in [3.63, 3.8) is 0 Å². The Morgan fingerprint density at radius 2 is 1.75 bits per heavy atom. The van der Waals surface area contributed by atoms with Crippen LogP contribution in [0.15, 0.2) is 53.4 Å². The van der Waals surface area contributed by atoms with Crippen LogP contribution in [-0.2, 0) is 14.6 Å². The van der Waals surface area contributed by atoms with E-state index in [9.17, 15) is 13.2 Å². The molecule has 2 rings (SSSR count). The number of nitrogens with zero attached hydrogens (tertiary/aromatic N) is 1. The second kappa shape index (κ2) is 7.05. The summed E-state index contributed by atoms with van der Waals surface area (Å²) in [5.41, 5.74) is 2.68. The van der Waals surface area contributed by atoms with Gasteiger partial charge in [0.05, 0.1) is 4.90 Å². The van der Waals surface area contributed by atoms with Crippen LogP contribution in [0.5, 0.6) is 0 Å². The van der Waals surface area contributed by atoms with Gasteiger partial charge in [0.2, 0.25) is 5.91 Å². The van der Waals surface area contributed by atoms with E-state index in [1.54, 1.807) is 36.2 Å². The number of carbonyl (C=O) groups is 1. The van der Waals surface area contributed by atoms with E-state index in [1.807, 2.05) is 31.2 Å². The van der Waals surface area contributed by atoms with Gasteiger partial charge in [0, 0.05) is 37.6 Å². The maximum absolute atomic E-state index is 11.5. The van der Waals surface area contributed by atoms with E-state index in [4.69, 9.17) is 0 Å². The molecule has 1 N–H and O–H groups in total. The maximum Gasteiger partial charge on any atom is 0.223 e. The Kier molecular flexibility index (Phi) is 5.29. The lowest BCUT2D eigenvalue weighted by Crippen LogP contribution is -2.22. The largest absolute Gasteiger partial charge is 0.378 e. The first kappa shape index (κ1) is 18.0. The van der Waals surface area contributed by atoms with Crippen molar-refractivity contribution in [2.45, 2.75) is 24.8 Å². The van der Waals surface area contributed by atoms with Crippen LogP contribution in [0, 0.1) is 0 Å². The first-order valence-corrected chi connectivity index (χ1v) is 9.48. The summed E-state index contributed by atoms with van der Waals surface area (Å²) in [6.45, 7) is 3.52. The SMILES string of the molecule is CC(=O)N(C)c1cccc(N[C@@H](C)c2ccc(S(C)(=O)=O)cc2)c1. The smallest absolute Gasteiger partial charge is 0.223 e. The predicted octanol–water partition coefficient (Wildman–Crippen LogP) is 3.25. The molecular formula is C18H22N2O3S. The number of nitrogens with one attached hydrogen (secondary N) is 1. The molecule has 0 saturated carbocycles. The van der Waals surface area contributed by atoms with E-state index in [0.29, 0.717) is 4.90 Å². The second-order valence-corrected chi connectivity index (χ2v) is 7.85. The molecule has 128 valence electrons. The van der Waals surface area contributed by atoms with Crippen LogP contribution in [-0.4, -0.2) is 27.6 Å².